The topological polar surface area (TPSA) is 85.1 Å². The summed E-state index contributed by atoms with van der Waals surface area (Å²) in [5.74, 6) is 0.299. The van der Waals surface area contributed by atoms with Gasteiger partial charge in [-0.25, -0.2) is 13.4 Å². The van der Waals surface area contributed by atoms with E-state index in [2.05, 4.69) is 9.71 Å². The Balaban J connectivity index is 3.01. The van der Waals surface area contributed by atoms with E-state index in [1.807, 2.05) is 0 Å². The Morgan fingerprint density at radius 2 is 2.31 bits per heavy atom. The van der Waals surface area contributed by atoms with Gasteiger partial charge in [-0.3, -0.25) is 4.72 Å². The van der Waals surface area contributed by atoms with Crippen LogP contribution in [0.4, 0.5) is 5.82 Å². The first-order chi connectivity index (χ1) is 6.03. The van der Waals surface area contributed by atoms with Gasteiger partial charge in [-0.2, -0.15) is 0 Å². The summed E-state index contributed by atoms with van der Waals surface area (Å²) in [4.78, 5) is 3.86. The third kappa shape index (κ3) is 3.00. The van der Waals surface area contributed by atoms with Gasteiger partial charge in [0, 0.05) is 18.3 Å². The lowest BCUT2D eigenvalue weighted by Gasteiger charge is -2.06. The molecule has 0 saturated heterocycles. The van der Waals surface area contributed by atoms with Crippen LogP contribution in [0.3, 0.4) is 0 Å². The molecule has 5 nitrogen and oxygen atoms in total. The number of nitrogens with two attached hydrogens (primary N) is 1. The molecule has 0 radical (unpaired) electrons. The van der Waals surface area contributed by atoms with E-state index in [0.29, 0.717) is 11.4 Å². The monoisotopic (exact) mass is 201 g/mol. The number of sulfonamides is 1. The molecule has 0 fully saturated rings. The average molecular weight is 201 g/mol. The molecule has 3 N–H and O–H groups in total. The van der Waals surface area contributed by atoms with Gasteiger partial charge in [-0.05, 0) is 6.07 Å². The van der Waals surface area contributed by atoms with Crippen molar-refractivity contribution in [2.75, 3.05) is 11.0 Å². The van der Waals surface area contributed by atoms with Gasteiger partial charge < -0.3 is 5.73 Å². The minimum Gasteiger partial charge on any atom is -0.326 e. The lowest BCUT2D eigenvalue weighted by atomic mass is 10.3. The van der Waals surface area contributed by atoms with Crippen LogP contribution in [0.1, 0.15) is 5.56 Å². The van der Waals surface area contributed by atoms with Gasteiger partial charge in [-0.1, -0.05) is 6.07 Å². The molecule has 13 heavy (non-hydrogen) atoms. The highest BCUT2D eigenvalue weighted by molar-refractivity contribution is 7.92. The molecule has 72 valence electrons. The minimum atomic E-state index is -3.28. The molecule has 0 bridgehead atoms. The van der Waals surface area contributed by atoms with E-state index >= 15 is 0 Å². The van der Waals surface area contributed by atoms with Crippen LogP contribution in [0.15, 0.2) is 18.3 Å². The second kappa shape index (κ2) is 3.71. The fourth-order valence-electron chi connectivity index (χ4n) is 0.871. The Hall–Kier alpha value is -1.14. The molecule has 0 aliphatic rings. The number of nitrogens with zero attached hydrogens (tertiary/aromatic N) is 1. The van der Waals surface area contributed by atoms with Crippen LogP contribution in [0, 0.1) is 0 Å². The van der Waals surface area contributed by atoms with Crippen molar-refractivity contribution in [3.63, 3.8) is 0 Å². The normalized spacial score (nSPS) is 11.2. The van der Waals surface area contributed by atoms with E-state index in [4.69, 9.17) is 5.73 Å². The van der Waals surface area contributed by atoms with Crippen LogP contribution in [-0.4, -0.2) is 19.7 Å². The molecule has 0 aliphatic heterocycles. The van der Waals surface area contributed by atoms with E-state index in [-0.39, 0.29) is 6.54 Å². The lowest BCUT2D eigenvalue weighted by molar-refractivity contribution is 0.606. The van der Waals surface area contributed by atoms with Crippen molar-refractivity contribution < 1.29 is 8.42 Å². The van der Waals surface area contributed by atoms with Gasteiger partial charge in [0.2, 0.25) is 10.0 Å². The fraction of sp³-hybridized carbons (Fsp3) is 0.286. The van der Waals surface area contributed by atoms with E-state index < -0.39 is 10.0 Å². The van der Waals surface area contributed by atoms with E-state index in [1.54, 1.807) is 12.1 Å². The van der Waals surface area contributed by atoms with Gasteiger partial charge >= 0.3 is 0 Å². The number of nitrogens with one attached hydrogen (secondary N) is 1. The molecule has 0 spiro atoms. The van der Waals surface area contributed by atoms with E-state index in [9.17, 15) is 8.42 Å². The number of pyridine rings is 1. The zero-order valence-electron chi connectivity index (χ0n) is 7.19. The number of hydrogen-bond donors (Lipinski definition) is 2. The molecule has 1 rings (SSSR count). The van der Waals surface area contributed by atoms with Crippen LogP contribution >= 0.6 is 0 Å². The largest absolute Gasteiger partial charge is 0.326 e. The van der Waals surface area contributed by atoms with Crippen LogP contribution < -0.4 is 10.5 Å². The van der Waals surface area contributed by atoms with Crippen molar-refractivity contribution in [3.8, 4) is 0 Å². The average Bonchev–Trinajstić information content (AvgIpc) is 2.02. The van der Waals surface area contributed by atoms with Crippen LogP contribution in [0.25, 0.3) is 0 Å². The molecule has 0 unspecified atom stereocenters. The Morgan fingerprint density at radius 1 is 1.62 bits per heavy atom. The van der Waals surface area contributed by atoms with Gasteiger partial charge in [0.05, 0.1) is 6.26 Å². The summed E-state index contributed by atoms with van der Waals surface area (Å²) in [6.45, 7) is 0.256. The van der Waals surface area contributed by atoms with Crippen LogP contribution in [0.2, 0.25) is 0 Å². The standard InChI is InChI=1S/C7H11N3O2S/c1-13(11,12)10-7-6(5-8)3-2-4-9-7/h2-4H,5,8H2,1H3,(H,9,10). The predicted molar refractivity (Wildman–Crippen MR) is 50.6 cm³/mol. The number of anilines is 1. The number of hydrogen-bond acceptors (Lipinski definition) is 4. The second-order valence-electron chi connectivity index (χ2n) is 2.59. The summed E-state index contributed by atoms with van der Waals surface area (Å²) >= 11 is 0. The zero-order chi connectivity index (χ0) is 9.90. The van der Waals surface area contributed by atoms with Crippen LogP contribution in [0.5, 0.6) is 0 Å². The van der Waals surface area contributed by atoms with Gasteiger partial charge in [0.15, 0.2) is 0 Å². The van der Waals surface area contributed by atoms with Crippen molar-refractivity contribution in [1.82, 2.24) is 4.98 Å². The third-order valence-corrected chi connectivity index (χ3v) is 1.96. The molecular weight excluding hydrogens is 190 g/mol. The van der Waals surface area contributed by atoms with Gasteiger partial charge in [0.25, 0.3) is 0 Å². The van der Waals surface area contributed by atoms with E-state index in [0.717, 1.165) is 6.26 Å². The highest BCUT2D eigenvalue weighted by Crippen LogP contribution is 2.10. The predicted octanol–water partition coefficient (Wildman–Crippen LogP) is -0.0882. The summed E-state index contributed by atoms with van der Waals surface area (Å²) in [5.41, 5.74) is 6.07. The van der Waals surface area contributed by atoms with E-state index in [1.165, 1.54) is 6.20 Å². The van der Waals surface area contributed by atoms with Crippen molar-refractivity contribution in [3.05, 3.63) is 23.9 Å². The fourth-order valence-corrected chi connectivity index (χ4v) is 1.41. The quantitative estimate of drug-likeness (QED) is 0.715. The Bertz CT molecular complexity index is 388. The molecule has 0 amide bonds. The molecule has 1 heterocycles. The molecule has 0 saturated carbocycles. The van der Waals surface area contributed by atoms with Gasteiger partial charge in [0.1, 0.15) is 5.82 Å². The van der Waals surface area contributed by atoms with Crippen molar-refractivity contribution >= 4 is 15.8 Å². The highest BCUT2D eigenvalue weighted by atomic mass is 32.2. The first-order valence-corrected chi connectivity index (χ1v) is 5.54. The lowest BCUT2D eigenvalue weighted by Crippen LogP contribution is -2.13. The summed E-state index contributed by atoms with van der Waals surface area (Å²) in [6, 6.07) is 3.43. The summed E-state index contributed by atoms with van der Waals surface area (Å²) in [5, 5.41) is 0. The van der Waals surface area contributed by atoms with Crippen molar-refractivity contribution in [2.45, 2.75) is 6.54 Å². The molecule has 0 aromatic carbocycles. The highest BCUT2D eigenvalue weighted by Gasteiger charge is 2.06. The van der Waals surface area contributed by atoms with Crippen molar-refractivity contribution in [2.24, 2.45) is 5.73 Å². The maximum atomic E-state index is 10.9. The third-order valence-electron chi connectivity index (χ3n) is 1.39. The number of aromatic nitrogens is 1. The summed E-state index contributed by atoms with van der Waals surface area (Å²) in [6.07, 6.45) is 2.58. The van der Waals surface area contributed by atoms with Gasteiger partial charge in [-0.15, -0.1) is 0 Å². The Morgan fingerprint density at radius 3 is 2.85 bits per heavy atom. The van der Waals surface area contributed by atoms with Crippen LogP contribution in [-0.2, 0) is 16.6 Å². The molecule has 0 aliphatic carbocycles. The zero-order valence-corrected chi connectivity index (χ0v) is 8.00. The molecule has 0 atom stereocenters. The minimum absolute atomic E-state index is 0.256. The Kier molecular flexibility index (Phi) is 2.84. The maximum absolute atomic E-state index is 10.9. The first-order valence-electron chi connectivity index (χ1n) is 3.64. The van der Waals surface area contributed by atoms with Crippen molar-refractivity contribution in [1.29, 1.82) is 0 Å². The Labute approximate surface area is 77.0 Å². The maximum Gasteiger partial charge on any atom is 0.230 e. The number of rotatable bonds is 3. The second-order valence-corrected chi connectivity index (χ2v) is 4.34. The summed E-state index contributed by atoms with van der Waals surface area (Å²) in [7, 11) is -3.28. The molecular formula is C7H11N3O2S. The smallest absolute Gasteiger partial charge is 0.230 e. The first kappa shape index (κ1) is 9.94. The summed E-state index contributed by atoms with van der Waals surface area (Å²) < 4.78 is 24.0. The SMILES string of the molecule is CS(=O)(=O)Nc1ncccc1CN. The molecule has 1 aromatic rings. The molecule has 1 aromatic heterocycles. The molecule has 6 heteroatoms.